The monoisotopic (exact) mass is 395 g/mol. The lowest BCUT2D eigenvalue weighted by atomic mass is 10.2. The summed E-state index contributed by atoms with van der Waals surface area (Å²) in [4.78, 5) is 24.1. The number of fused-ring (bicyclic) bond motifs is 1. The minimum Gasteiger partial charge on any atom is -0.286 e. The predicted molar refractivity (Wildman–Crippen MR) is 113 cm³/mol. The van der Waals surface area contributed by atoms with Gasteiger partial charge in [0.05, 0.1) is 11.2 Å². The second kappa shape index (κ2) is 7.71. The molecule has 4 nitrogen and oxygen atoms in total. The molecule has 0 aliphatic carbocycles. The van der Waals surface area contributed by atoms with Crippen molar-refractivity contribution in [2.75, 3.05) is 12.3 Å². The number of aromatic nitrogens is 1. The maximum absolute atomic E-state index is 13.1. The van der Waals surface area contributed by atoms with E-state index in [9.17, 15) is 4.79 Å². The lowest BCUT2D eigenvalue weighted by Gasteiger charge is -2.27. The Kier molecular flexibility index (Phi) is 5.14. The molecular formula is C21H18ClN3OS. The number of aryl methyl sites for hydroxylation is 1. The molecule has 136 valence electrons. The normalized spacial score (nSPS) is 16.1. The van der Waals surface area contributed by atoms with E-state index < -0.39 is 0 Å². The fraction of sp³-hybridized carbons (Fsp3) is 0.190. The third-order valence-electron chi connectivity index (χ3n) is 4.43. The van der Waals surface area contributed by atoms with E-state index in [0.717, 1.165) is 34.3 Å². The van der Waals surface area contributed by atoms with Crippen molar-refractivity contribution in [3.05, 3.63) is 70.9 Å². The van der Waals surface area contributed by atoms with Gasteiger partial charge in [-0.2, -0.15) is 0 Å². The van der Waals surface area contributed by atoms with E-state index in [1.807, 2.05) is 55.5 Å². The molecule has 0 bridgehead atoms. The van der Waals surface area contributed by atoms with E-state index in [2.05, 4.69) is 9.98 Å². The molecule has 0 saturated carbocycles. The van der Waals surface area contributed by atoms with Crippen LogP contribution in [0.5, 0.6) is 0 Å². The van der Waals surface area contributed by atoms with E-state index >= 15 is 0 Å². The summed E-state index contributed by atoms with van der Waals surface area (Å²) in [5.41, 5.74) is 3.01. The number of amidine groups is 1. The van der Waals surface area contributed by atoms with E-state index in [4.69, 9.17) is 11.6 Å². The van der Waals surface area contributed by atoms with Gasteiger partial charge in [-0.25, -0.2) is 9.98 Å². The minimum atomic E-state index is -0.120. The number of hydrogen-bond donors (Lipinski definition) is 0. The first-order valence-electron chi connectivity index (χ1n) is 8.77. The summed E-state index contributed by atoms with van der Waals surface area (Å²) in [5, 5.41) is 2.39. The average molecular weight is 396 g/mol. The number of para-hydroxylation sites is 1. The van der Waals surface area contributed by atoms with Crippen molar-refractivity contribution in [1.29, 1.82) is 0 Å². The molecular weight excluding hydrogens is 378 g/mol. The molecule has 1 aliphatic rings. The molecule has 0 spiro atoms. The lowest BCUT2D eigenvalue weighted by molar-refractivity contribution is 0.0844. The molecule has 0 radical (unpaired) electrons. The van der Waals surface area contributed by atoms with Crippen molar-refractivity contribution < 1.29 is 4.79 Å². The quantitative estimate of drug-likeness (QED) is 0.578. The number of halogens is 1. The third kappa shape index (κ3) is 3.84. The summed E-state index contributed by atoms with van der Waals surface area (Å²) in [6.45, 7) is 2.59. The minimum absolute atomic E-state index is 0.120. The molecule has 3 aromatic rings. The van der Waals surface area contributed by atoms with Crippen LogP contribution in [0.2, 0.25) is 5.02 Å². The van der Waals surface area contributed by atoms with Gasteiger partial charge < -0.3 is 0 Å². The lowest BCUT2D eigenvalue weighted by Crippen LogP contribution is -2.39. The van der Waals surface area contributed by atoms with Crippen LogP contribution in [0.1, 0.15) is 22.5 Å². The van der Waals surface area contributed by atoms with Crippen molar-refractivity contribution in [3.8, 4) is 0 Å². The molecule has 6 heteroatoms. The van der Waals surface area contributed by atoms with Crippen LogP contribution in [0.3, 0.4) is 0 Å². The third-order valence-corrected chi connectivity index (χ3v) is 5.90. The summed E-state index contributed by atoms with van der Waals surface area (Å²) in [6.07, 6.45) is 0.928. The number of thioether (sulfide) groups is 1. The highest BCUT2D eigenvalue weighted by Crippen LogP contribution is 2.27. The maximum Gasteiger partial charge on any atom is 0.278 e. The smallest absolute Gasteiger partial charge is 0.278 e. The van der Waals surface area contributed by atoms with Crippen LogP contribution < -0.4 is 0 Å². The Labute approximate surface area is 167 Å². The number of hydrogen-bond acceptors (Lipinski definition) is 4. The topological polar surface area (TPSA) is 45.6 Å². The number of amides is 1. The summed E-state index contributed by atoms with van der Waals surface area (Å²) in [5.74, 6) is 0.817. The summed E-state index contributed by atoms with van der Waals surface area (Å²) in [6, 6.07) is 17.2. The van der Waals surface area contributed by atoms with Crippen molar-refractivity contribution in [1.82, 2.24) is 9.88 Å². The first-order valence-corrected chi connectivity index (χ1v) is 10.1. The number of benzene rings is 2. The Morgan fingerprint density at radius 1 is 1.19 bits per heavy atom. The predicted octanol–water partition coefficient (Wildman–Crippen LogP) is 5.46. The van der Waals surface area contributed by atoms with Gasteiger partial charge in [0.2, 0.25) is 0 Å². The molecule has 0 unspecified atom stereocenters. The molecule has 1 fully saturated rings. The van der Waals surface area contributed by atoms with Gasteiger partial charge in [-0.05, 0) is 43.2 Å². The number of pyridine rings is 1. The van der Waals surface area contributed by atoms with Gasteiger partial charge in [-0.1, -0.05) is 53.7 Å². The van der Waals surface area contributed by atoms with Crippen molar-refractivity contribution >= 4 is 51.0 Å². The van der Waals surface area contributed by atoms with Gasteiger partial charge in [0.25, 0.3) is 5.91 Å². The number of aliphatic imine (C=N–C) groups is 1. The molecule has 4 rings (SSSR count). The van der Waals surface area contributed by atoms with E-state index in [0.29, 0.717) is 22.4 Å². The molecule has 1 saturated heterocycles. The SMILES string of the molecule is Cc1ccc(N=C2SCCCN2C(=O)c2ccc3ccccc3n2)cc1Cl. The zero-order valence-corrected chi connectivity index (χ0v) is 16.4. The maximum atomic E-state index is 13.1. The zero-order valence-electron chi connectivity index (χ0n) is 14.9. The average Bonchev–Trinajstić information content (AvgIpc) is 2.70. The highest BCUT2D eigenvalue weighted by atomic mass is 35.5. The molecule has 0 N–H and O–H groups in total. The molecule has 2 heterocycles. The van der Waals surface area contributed by atoms with E-state index in [-0.39, 0.29) is 5.91 Å². The van der Waals surface area contributed by atoms with Gasteiger partial charge in [-0.3, -0.25) is 9.69 Å². The van der Waals surface area contributed by atoms with E-state index in [1.54, 1.807) is 22.7 Å². The molecule has 1 aromatic heterocycles. The van der Waals surface area contributed by atoms with Crippen molar-refractivity contribution in [2.45, 2.75) is 13.3 Å². The molecule has 2 aromatic carbocycles. The molecule has 1 aliphatic heterocycles. The Balaban J connectivity index is 1.67. The number of rotatable bonds is 2. The summed E-state index contributed by atoms with van der Waals surface area (Å²) < 4.78 is 0. The highest BCUT2D eigenvalue weighted by molar-refractivity contribution is 8.13. The zero-order chi connectivity index (χ0) is 18.8. The van der Waals surface area contributed by atoms with Crippen LogP contribution in [-0.4, -0.2) is 33.3 Å². The standard InChI is InChI=1S/C21H18ClN3OS/c1-14-7-9-16(13-17(14)22)23-21-25(11-4-12-27-21)20(26)19-10-8-15-5-2-3-6-18(15)24-19/h2-3,5-10,13H,4,11-12H2,1H3. The summed E-state index contributed by atoms with van der Waals surface area (Å²) >= 11 is 7.80. The van der Waals surface area contributed by atoms with Crippen LogP contribution in [0, 0.1) is 6.92 Å². The fourth-order valence-corrected chi connectivity index (χ4v) is 4.06. The molecule has 0 atom stereocenters. The number of carbonyl (C=O) groups is 1. The Morgan fingerprint density at radius 2 is 2.04 bits per heavy atom. The molecule has 27 heavy (non-hydrogen) atoms. The first-order chi connectivity index (χ1) is 13.1. The van der Waals surface area contributed by atoms with Crippen LogP contribution in [0.15, 0.2) is 59.6 Å². The van der Waals surface area contributed by atoms with Crippen molar-refractivity contribution in [2.24, 2.45) is 4.99 Å². The van der Waals surface area contributed by atoms with Crippen LogP contribution >= 0.6 is 23.4 Å². The van der Waals surface area contributed by atoms with Crippen LogP contribution in [-0.2, 0) is 0 Å². The second-order valence-corrected chi connectivity index (χ2v) is 7.85. The van der Waals surface area contributed by atoms with Gasteiger partial charge in [0, 0.05) is 22.7 Å². The van der Waals surface area contributed by atoms with Gasteiger partial charge in [0.1, 0.15) is 5.69 Å². The molecule has 1 amide bonds. The Hall–Kier alpha value is -2.37. The Bertz CT molecular complexity index is 1050. The van der Waals surface area contributed by atoms with E-state index in [1.165, 1.54) is 0 Å². The first kappa shape index (κ1) is 18.0. The number of carbonyl (C=O) groups excluding carboxylic acids is 1. The number of nitrogens with zero attached hydrogens (tertiary/aromatic N) is 3. The largest absolute Gasteiger partial charge is 0.286 e. The van der Waals surface area contributed by atoms with Gasteiger partial charge in [-0.15, -0.1) is 0 Å². The fourth-order valence-electron chi connectivity index (χ4n) is 2.93. The summed E-state index contributed by atoms with van der Waals surface area (Å²) in [7, 11) is 0. The van der Waals surface area contributed by atoms with Crippen LogP contribution in [0.4, 0.5) is 5.69 Å². The highest BCUT2D eigenvalue weighted by Gasteiger charge is 2.26. The van der Waals surface area contributed by atoms with Gasteiger partial charge in [0.15, 0.2) is 5.17 Å². The van der Waals surface area contributed by atoms with Crippen LogP contribution in [0.25, 0.3) is 10.9 Å². The van der Waals surface area contributed by atoms with Crippen molar-refractivity contribution in [3.63, 3.8) is 0 Å². The van der Waals surface area contributed by atoms with Gasteiger partial charge >= 0.3 is 0 Å². The second-order valence-electron chi connectivity index (χ2n) is 6.38. The Morgan fingerprint density at radius 3 is 2.89 bits per heavy atom.